The molecule has 0 saturated heterocycles. The van der Waals surface area contributed by atoms with Gasteiger partial charge in [-0.05, 0) is 55.8 Å². The molecule has 0 aliphatic carbocycles. The minimum Gasteiger partial charge on any atom is -0.497 e. The van der Waals surface area contributed by atoms with Gasteiger partial charge in [-0.1, -0.05) is 24.3 Å². The second-order valence-corrected chi connectivity index (χ2v) is 7.10. The van der Waals surface area contributed by atoms with Gasteiger partial charge in [0.05, 0.1) is 19.1 Å². The molecule has 0 aliphatic heterocycles. The molecule has 164 valence electrons. The summed E-state index contributed by atoms with van der Waals surface area (Å²) in [6.45, 7) is 4.44. The van der Waals surface area contributed by atoms with Gasteiger partial charge in [-0.3, -0.25) is 4.79 Å². The highest BCUT2D eigenvalue weighted by atomic mass is 16.5. The van der Waals surface area contributed by atoms with Crippen molar-refractivity contribution in [3.05, 3.63) is 88.3 Å². The number of hydrogen-bond acceptors (Lipinski definition) is 6. The summed E-state index contributed by atoms with van der Waals surface area (Å²) in [7, 11) is 1.63. The molecule has 0 fully saturated rings. The van der Waals surface area contributed by atoms with E-state index in [1.54, 1.807) is 44.4 Å². The predicted octanol–water partition coefficient (Wildman–Crippen LogP) is 5.88. The maximum absolute atomic E-state index is 13.1. The lowest BCUT2D eigenvalue weighted by atomic mass is 10.2. The molecule has 1 aromatic heterocycles. The van der Waals surface area contributed by atoms with Crippen molar-refractivity contribution in [3.8, 4) is 28.7 Å². The fourth-order valence-corrected chi connectivity index (χ4v) is 3.32. The van der Waals surface area contributed by atoms with Crippen molar-refractivity contribution in [1.29, 1.82) is 0 Å². The Morgan fingerprint density at radius 3 is 2.47 bits per heavy atom. The van der Waals surface area contributed by atoms with E-state index in [4.69, 9.17) is 23.4 Å². The van der Waals surface area contributed by atoms with E-state index in [1.807, 2.05) is 43.3 Å². The van der Waals surface area contributed by atoms with E-state index in [0.717, 1.165) is 11.3 Å². The van der Waals surface area contributed by atoms with Crippen LogP contribution in [0.25, 0.3) is 11.0 Å². The largest absolute Gasteiger partial charge is 0.497 e. The van der Waals surface area contributed by atoms with Crippen molar-refractivity contribution >= 4 is 11.0 Å². The molecule has 0 saturated carbocycles. The summed E-state index contributed by atoms with van der Waals surface area (Å²) in [6, 6.07) is 20.0. The van der Waals surface area contributed by atoms with Gasteiger partial charge in [-0.25, -0.2) is 0 Å². The standard InChI is InChI=1S/C26H24O6/c1-4-29-22-10-5-6-11-23(22)32-26-17(2)31-24-15-20(12-13-21(24)25(26)27)30-16-18-8-7-9-19(14-18)28-3/h5-15H,4,16H2,1-3H3. The second kappa shape index (κ2) is 9.47. The third kappa shape index (κ3) is 4.54. The van der Waals surface area contributed by atoms with Crippen LogP contribution in [-0.2, 0) is 6.61 Å². The molecule has 32 heavy (non-hydrogen) atoms. The molecule has 0 atom stereocenters. The minimum absolute atomic E-state index is 0.134. The zero-order valence-corrected chi connectivity index (χ0v) is 18.2. The Labute approximate surface area is 185 Å². The SMILES string of the molecule is CCOc1ccccc1Oc1c(C)oc2cc(OCc3cccc(OC)c3)ccc2c1=O. The van der Waals surface area contributed by atoms with Crippen LogP contribution in [0.3, 0.4) is 0 Å². The van der Waals surface area contributed by atoms with E-state index < -0.39 is 0 Å². The van der Waals surface area contributed by atoms with Crippen LogP contribution in [0.15, 0.2) is 75.9 Å². The quantitative estimate of drug-likeness (QED) is 0.346. The first-order chi connectivity index (χ1) is 15.6. The first-order valence-corrected chi connectivity index (χ1v) is 10.3. The molecule has 0 unspecified atom stereocenters. The van der Waals surface area contributed by atoms with Crippen LogP contribution < -0.4 is 24.4 Å². The van der Waals surface area contributed by atoms with Gasteiger partial charge in [0.1, 0.15) is 29.4 Å². The highest BCUT2D eigenvalue weighted by molar-refractivity contribution is 5.79. The van der Waals surface area contributed by atoms with Crippen molar-refractivity contribution in [2.45, 2.75) is 20.5 Å². The fourth-order valence-electron chi connectivity index (χ4n) is 3.32. The normalized spacial score (nSPS) is 10.7. The number of benzene rings is 3. The lowest BCUT2D eigenvalue weighted by Gasteiger charge is -2.13. The molecule has 0 N–H and O–H groups in total. The Bertz CT molecular complexity index is 1290. The summed E-state index contributed by atoms with van der Waals surface area (Å²) < 4.78 is 28.5. The Balaban J connectivity index is 1.60. The molecule has 0 amide bonds. The number of aryl methyl sites for hydroxylation is 1. The van der Waals surface area contributed by atoms with E-state index in [2.05, 4.69) is 0 Å². The van der Waals surface area contributed by atoms with Crippen LogP contribution in [0.2, 0.25) is 0 Å². The minimum atomic E-state index is -0.255. The van der Waals surface area contributed by atoms with Gasteiger partial charge in [-0.2, -0.15) is 0 Å². The van der Waals surface area contributed by atoms with Crippen LogP contribution in [0, 0.1) is 6.92 Å². The van der Waals surface area contributed by atoms with Crippen LogP contribution in [-0.4, -0.2) is 13.7 Å². The Hall–Kier alpha value is -3.93. The summed E-state index contributed by atoms with van der Waals surface area (Å²) in [6.07, 6.45) is 0. The summed E-state index contributed by atoms with van der Waals surface area (Å²) in [5.41, 5.74) is 1.15. The van der Waals surface area contributed by atoms with Gasteiger partial charge >= 0.3 is 0 Å². The molecule has 0 aliphatic rings. The van der Waals surface area contributed by atoms with Crippen LogP contribution in [0.5, 0.6) is 28.7 Å². The number of methoxy groups -OCH3 is 1. The highest BCUT2D eigenvalue weighted by Gasteiger charge is 2.16. The van der Waals surface area contributed by atoms with Crippen molar-refractivity contribution in [1.82, 2.24) is 0 Å². The van der Waals surface area contributed by atoms with Gasteiger partial charge in [0.25, 0.3) is 0 Å². The number of para-hydroxylation sites is 2. The van der Waals surface area contributed by atoms with Crippen molar-refractivity contribution in [2.24, 2.45) is 0 Å². The van der Waals surface area contributed by atoms with Gasteiger partial charge < -0.3 is 23.4 Å². The monoisotopic (exact) mass is 432 g/mol. The van der Waals surface area contributed by atoms with Crippen molar-refractivity contribution < 1.29 is 23.4 Å². The van der Waals surface area contributed by atoms with Crippen LogP contribution in [0.1, 0.15) is 18.2 Å². The zero-order chi connectivity index (χ0) is 22.5. The number of hydrogen-bond donors (Lipinski definition) is 0. The fraction of sp³-hybridized carbons (Fsp3) is 0.192. The van der Waals surface area contributed by atoms with E-state index >= 15 is 0 Å². The van der Waals surface area contributed by atoms with Gasteiger partial charge in [0, 0.05) is 6.07 Å². The first-order valence-electron chi connectivity index (χ1n) is 10.3. The molecular weight excluding hydrogens is 408 g/mol. The van der Waals surface area contributed by atoms with Gasteiger partial charge in [-0.15, -0.1) is 0 Å². The molecule has 1 heterocycles. The average Bonchev–Trinajstić information content (AvgIpc) is 2.81. The van der Waals surface area contributed by atoms with Gasteiger partial charge in [0.2, 0.25) is 11.2 Å². The second-order valence-electron chi connectivity index (χ2n) is 7.10. The maximum Gasteiger partial charge on any atom is 0.235 e. The van der Waals surface area contributed by atoms with E-state index in [9.17, 15) is 4.79 Å². The number of ether oxygens (including phenoxy) is 4. The molecule has 6 heteroatoms. The Morgan fingerprint density at radius 1 is 0.875 bits per heavy atom. The summed E-state index contributed by atoms with van der Waals surface area (Å²) in [5, 5.41) is 0.410. The summed E-state index contributed by atoms with van der Waals surface area (Å²) in [4.78, 5) is 13.1. The lowest BCUT2D eigenvalue weighted by Crippen LogP contribution is -2.08. The lowest BCUT2D eigenvalue weighted by molar-refractivity contribution is 0.305. The predicted molar refractivity (Wildman–Crippen MR) is 122 cm³/mol. The molecule has 6 nitrogen and oxygen atoms in total. The number of rotatable bonds is 8. The third-order valence-electron chi connectivity index (χ3n) is 4.89. The molecule has 3 aromatic carbocycles. The van der Waals surface area contributed by atoms with Crippen LogP contribution in [0.4, 0.5) is 0 Å². The first kappa shape index (κ1) is 21.3. The highest BCUT2D eigenvalue weighted by Crippen LogP contribution is 2.33. The molecule has 4 rings (SSSR count). The number of fused-ring (bicyclic) bond motifs is 1. The zero-order valence-electron chi connectivity index (χ0n) is 18.2. The summed E-state index contributed by atoms with van der Waals surface area (Å²) in [5.74, 6) is 2.90. The van der Waals surface area contributed by atoms with Crippen molar-refractivity contribution in [2.75, 3.05) is 13.7 Å². The average molecular weight is 432 g/mol. The van der Waals surface area contributed by atoms with Crippen LogP contribution >= 0.6 is 0 Å². The van der Waals surface area contributed by atoms with E-state index in [0.29, 0.717) is 47.2 Å². The maximum atomic E-state index is 13.1. The third-order valence-corrected chi connectivity index (χ3v) is 4.89. The Morgan fingerprint density at radius 2 is 1.69 bits per heavy atom. The molecular formula is C26H24O6. The molecule has 4 aromatic rings. The molecule has 0 spiro atoms. The topological polar surface area (TPSA) is 67.1 Å². The molecule has 0 bridgehead atoms. The van der Waals surface area contributed by atoms with Crippen molar-refractivity contribution in [3.63, 3.8) is 0 Å². The van der Waals surface area contributed by atoms with E-state index in [-0.39, 0.29) is 11.2 Å². The molecule has 0 radical (unpaired) electrons. The van der Waals surface area contributed by atoms with Gasteiger partial charge in [0.15, 0.2) is 11.5 Å². The smallest absolute Gasteiger partial charge is 0.235 e. The summed E-state index contributed by atoms with van der Waals surface area (Å²) >= 11 is 0. The Kier molecular flexibility index (Phi) is 6.31. The van der Waals surface area contributed by atoms with E-state index in [1.165, 1.54) is 0 Å².